The van der Waals surface area contributed by atoms with E-state index in [2.05, 4.69) is 56.4 Å². The first-order chi connectivity index (χ1) is 9.09. The van der Waals surface area contributed by atoms with E-state index in [1.807, 2.05) is 0 Å². The molecule has 2 nitrogen and oxygen atoms in total. The van der Waals surface area contributed by atoms with Crippen LogP contribution in [0.5, 0.6) is 0 Å². The molecule has 0 aliphatic heterocycles. The van der Waals surface area contributed by atoms with Crippen LogP contribution < -0.4 is 5.32 Å². The Morgan fingerprint density at radius 2 is 1.89 bits per heavy atom. The zero-order chi connectivity index (χ0) is 14.1. The van der Waals surface area contributed by atoms with Gasteiger partial charge in [0.25, 0.3) is 0 Å². The number of hydrogen-bond acceptors (Lipinski definition) is 2. The van der Waals surface area contributed by atoms with Gasteiger partial charge in [0.2, 0.25) is 0 Å². The van der Waals surface area contributed by atoms with Gasteiger partial charge < -0.3 is 10.1 Å². The summed E-state index contributed by atoms with van der Waals surface area (Å²) in [6.07, 6.45) is 3.52. The quantitative estimate of drug-likeness (QED) is 0.728. The van der Waals surface area contributed by atoms with Crippen molar-refractivity contribution in [1.82, 2.24) is 5.32 Å². The van der Waals surface area contributed by atoms with Crippen molar-refractivity contribution in [3.63, 3.8) is 0 Å². The number of rotatable bonds is 9. The molecule has 1 aromatic carbocycles. The normalized spacial score (nSPS) is 13.5. The highest BCUT2D eigenvalue weighted by atomic mass is 16.5. The summed E-state index contributed by atoms with van der Waals surface area (Å²) in [5.74, 6) is 0.605. The van der Waals surface area contributed by atoms with Crippen molar-refractivity contribution in [3.8, 4) is 0 Å². The minimum atomic E-state index is -0.000573. The molecule has 108 valence electrons. The van der Waals surface area contributed by atoms with Gasteiger partial charge in [0.1, 0.15) is 0 Å². The van der Waals surface area contributed by atoms with Crippen molar-refractivity contribution in [2.75, 3.05) is 20.2 Å². The Balaban J connectivity index is 2.51. The van der Waals surface area contributed by atoms with E-state index in [1.165, 1.54) is 18.4 Å². The van der Waals surface area contributed by atoms with Crippen LogP contribution in [0.25, 0.3) is 0 Å². The second kappa shape index (κ2) is 8.34. The van der Waals surface area contributed by atoms with Crippen molar-refractivity contribution in [2.24, 2.45) is 0 Å². The fourth-order valence-corrected chi connectivity index (χ4v) is 2.31. The van der Waals surface area contributed by atoms with Crippen molar-refractivity contribution < 1.29 is 4.74 Å². The summed E-state index contributed by atoms with van der Waals surface area (Å²) in [6.45, 7) is 8.58. The first-order valence-corrected chi connectivity index (χ1v) is 7.40. The number of nitrogens with one attached hydrogen (secondary N) is 1. The van der Waals surface area contributed by atoms with Crippen molar-refractivity contribution in [2.45, 2.75) is 51.6 Å². The molecule has 1 atom stereocenters. The van der Waals surface area contributed by atoms with Crippen molar-refractivity contribution >= 4 is 0 Å². The maximum Gasteiger partial charge on any atom is 0.0622 e. The molecule has 2 heteroatoms. The number of benzene rings is 1. The first kappa shape index (κ1) is 16.2. The van der Waals surface area contributed by atoms with E-state index < -0.39 is 0 Å². The standard InChI is InChI=1S/C17H29NO/c1-5-18-14-16(15-10-7-6-8-11-15)12-9-13-17(2,3)19-4/h6-8,10-11,16,18H,5,9,12-14H2,1-4H3. The van der Waals surface area contributed by atoms with Crippen LogP contribution in [-0.2, 0) is 4.74 Å². The third-order valence-electron chi connectivity index (χ3n) is 3.80. The van der Waals surface area contributed by atoms with Gasteiger partial charge in [-0.2, -0.15) is 0 Å². The highest BCUT2D eigenvalue weighted by molar-refractivity contribution is 5.19. The van der Waals surface area contributed by atoms with E-state index in [1.54, 1.807) is 7.11 Å². The van der Waals surface area contributed by atoms with Gasteiger partial charge in [0.15, 0.2) is 0 Å². The molecule has 1 N–H and O–H groups in total. The van der Waals surface area contributed by atoms with Crippen LogP contribution >= 0.6 is 0 Å². The second-order valence-electron chi connectivity index (χ2n) is 5.77. The average Bonchev–Trinajstić information content (AvgIpc) is 2.43. The minimum Gasteiger partial charge on any atom is -0.379 e. The van der Waals surface area contributed by atoms with Gasteiger partial charge in [-0.05, 0) is 51.1 Å². The Labute approximate surface area is 118 Å². The molecule has 19 heavy (non-hydrogen) atoms. The summed E-state index contributed by atoms with van der Waals surface area (Å²) >= 11 is 0. The zero-order valence-corrected chi connectivity index (χ0v) is 12.9. The molecular weight excluding hydrogens is 234 g/mol. The molecule has 0 radical (unpaired) electrons. The lowest BCUT2D eigenvalue weighted by Gasteiger charge is -2.24. The third-order valence-corrected chi connectivity index (χ3v) is 3.80. The Morgan fingerprint density at radius 1 is 1.21 bits per heavy atom. The average molecular weight is 263 g/mol. The van der Waals surface area contributed by atoms with Crippen LogP contribution in [-0.4, -0.2) is 25.8 Å². The number of methoxy groups -OCH3 is 1. The molecule has 0 aliphatic carbocycles. The summed E-state index contributed by atoms with van der Waals surface area (Å²) in [7, 11) is 1.80. The lowest BCUT2D eigenvalue weighted by Crippen LogP contribution is -2.24. The number of ether oxygens (including phenoxy) is 1. The SMILES string of the molecule is CCNCC(CCCC(C)(C)OC)c1ccccc1. The van der Waals surface area contributed by atoms with Gasteiger partial charge in [0.05, 0.1) is 5.60 Å². The maximum atomic E-state index is 5.49. The third kappa shape index (κ3) is 6.22. The predicted octanol–water partition coefficient (Wildman–Crippen LogP) is 3.98. The Morgan fingerprint density at radius 3 is 2.47 bits per heavy atom. The molecule has 0 fully saturated rings. The molecule has 0 amide bonds. The second-order valence-corrected chi connectivity index (χ2v) is 5.77. The van der Waals surface area contributed by atoms with E-state index >= 15 is 0 Å². The topological polar surface area (TPSA) is 21.3 Å². The first-order valence-electron chi connectivity index (χ1n) is 7.40. The summed E-state index contributed by atoms with van der Waals surface area (Å²) in [4.78, 5) is 0. The molecule has 0 saturated carbocycles. The van der Waals surface area contributed by atoms with Gasteiger partial charge in [-0.15, -0.1) is 0 Å². The monoisotopic (exact) mass is 263 g/mol. The fourth-order valence-electron chi connectivity index (χ4n) is 2.31. The largest absolute Gasteiger partial charge is 0.379 e. The molecule has 0 bridgehead atoms. The predicted molar refractivity (Wildman–Crippen MR) is 82.7 cm³/mol. The molecule has 0 spiro atoms. The maximum absolute atomic E-state index is 5.49. The van der Waals surface area contributed by atoms with Crippen molar-refractivity contribution in [1.29, 1.82) is 0 Å². The van der Waals surface area contributed by atoms with E-state index in [0.717, 1.165) is 19.5 Å². The van der Waals surface area contributed by atoms with Crippen LogP contribution in [0.2, 0.25) is 0 Å². The molecule has 1 aromatic rings. The summed E-state index contributed by atoms with van der Waals surface area (Å²) in [5, 5.41) is 3.48. The van der Waals surface area contributed by atoms with Gasteiger partial charge in [0, 0.05) is 13.7 Å². The molecule has 0 aliphatic rings. The summed E-state index contributed by atoms with van der Waals surface area (Å²) in [6, 6.07) is 10.8. The lowest BCUT2D eigenvalue weighted by molar-refractivity contribution is 0.0131. The molecule has 1 rings (SSSR count). The van der Waals surface area contributed by atoms with Gasteiger partial charge in [-0.1, -0.05) is 37.3 Å². The van der Waals surface area contributed by atoms with Crippen LogP contribution in [0, 0.1) is 0 Å². The van der Waals surface area contributed by atoms with E-state index in [9.17, 15) is 0 Å². The van der Waals surface area contributed by atoms with Gasteiger partial charge >= 0.3 is 0 Å². The Hall–Kier alpha value is -0.860. The van der Waals surface area contributed by atoms with Crippen LogP contribution in [0.4, 0.5) is 0 Å². The Bertz CT molecular complexity index is 334. The molecule has 0 heterocycles. The summed E-state index contributed by atoms with van der Waals surface area (Å²) in [5.41, 5.74) is 1.44. The highest BCUT2D eigenvalue weighted by Crippen LogP contribution is 2.24. The zero-order valence-electron chi connectivity index (χ0n) is 12.9. The van der Waals surface area contributed by atoms with Crippen LogP contribution in [0.3, 0.4) is 0 Å². The van der Waals surface area contributed by atoms with Gasteiger partial charge in [-0.25, -0.2) is 0 Å². The van der Waals surface area contributed by atoms with E-state index in [-0.39, 0.29) is 5.60 Å². The molecule has 1 unspecified atom stereocenters. The van der Waals surface area contributed by atoms with Crippen molar-refractivity contribution in [3.05, 3.63) is 35.9 Å². The molecular formula is C17H29NO. The smallest absolute Gasteiger partial charge is 0.0622 e. The lowest BCUT2D eigenvalue weighted by atomic mass is 9.90. The van der Waals surface area contributed by atoms with Gasteiger partial charge in [-0.3, -0.25) is 0 Å². The fraction of sp³-hybridized carbons (Fsp3) is 0.647. The Kier molecular flexibility index (Phi) is 7.11. The minimum absolute atomic E-state index is 0.000573. The molecule has 0 saturated heterocycles. The van der Waals surface area contributed by atoms with E-state index in [0.29, 0.717) is 5.92 Å². The summed E-state index contributed by atoms with van der Waals surface area (Å²) < 4.78 is 5.49. The van der Waals surface area contributed by atoms with Crippen LogP contribution in [0.15, 0.2) is 30.3 Å². The van der Waals surface area contributed by atoms with E-state index in [4.69, 9.17) is 4.74 Å². The number of likely N-dealkylation sites (N-methyl/N-ethyl adjacent to an activating group) is 1. The van der Waals surface area contributed by atoms with Crippen LogP contribution in [0.1, 0.15) is 51.5 Å². The molecule has 0 aromatic heterocycles. The number of hydrogen-bond donors (Lipinski definition) is 1. The highest BCUT2D eigenvalue weighted by Gasteiger charge is 2.17.